The lowest BCUT2D eigenvalue weighted by Crippen LogP contribution is -1.87. The first-order valence-corrected chi connectivity index (χ1v) is 7.48. The highest BCUT2D eigenvalue weighted by Crippen LogP contribution is 2.35. The van der Waals surface area contributed by atoms with Crippen LogP contribution in [0.1, 0.15) is 0 Å². The molecule has 0 saturated carbocycles. The molecule has 0 spiro atoms. The van der Waals surface area contributed by atoms with Gasteiger partial charge in [0.05, 0.1) is 5.56 Å². The minimum atomic E-state index is 0.190. The molecule has 0 aliphatic carbocycles. The average molecular weight is 348 g/mol. The van der Waals surface area contributed by atoms with E-state index in [2.05, 4.69) is 31.4 Å². The van der Waals surface area contributed by atoms with Gasteiger partial charge >= 0.3 is 0 Å². The van der Waals surface area contributed by atoms with Crippen LogP contribution in [0.15, 0.2) is 53.0 Å². The third kappa shape index (κ3) is 2.81. The number of aromatic hydroxyl groups is 1. The summed E-state index contributed by atoms with van der Waals surface area (Å²) >= 11 is 4.77. The van der Waals surface area contributed by atoms with Crippen LogP contribution in [0.25, 0.3) is 10.6 Å². The largest absolute Gasteiger partial charge is 0.507 e. The lowest BCUT2D eigenvalue weighted by molar-refractivity contribution is 0.477. The molecule has 0 aliphatic rings. The minimum absolute atomic E-state index is 0.190. The summed E-state index contributed by atoms with van der Waals surface area (Å²) in [6.45, 7) is 0. The van der Waals surface area contributed by atoms with Crippen LogP contribution >= 0.6 is 27.3 Å². The number of nitrogens with zero attached hydrogens (tertiary/aromatic N) is 2. The topological polar surface area (TPSA) is 58.0 Å². The number of anilines is 2. The van der Waals surface area contributed by atoms with Gasteiger partial charge in [0.15, 0.2) is 5.01 Å². The fourth-order valence-electron chi connectivity index (χ4n) is 1.71. The third-order valence-electron chi connectivity index (χ3n) is 2.64. The molecule has 0 aliphatic heterocycles. The quantitative estimate of drug-likeness (QED) is 0.736. The van der Waals surface area contributed by atoms with Crippen molar-refractivity contribution < 1.29 is 5.11 Å². The molecular formula is C14H10BrN3OS. The molecule has 2 N–H and O–H groups in total. The predicted octanol–water partition coefficient (Wildman–Crippen LogP) is 4.42. The first-order chi connectivity index (χ1) is 9.72. The van der Waals surface area contributed by atoms with Gasteiger partial charge in [-0.3, -0.25) is 0 Å². The Morgan fingerprint density at radius 2 is 1.85 bits per heavy atom. The van der Waals surface area contributed by atoms with E-state index in [0.29, 0.717) is 15.7 Å². The molecule has 1 heterocycles. The van der Waals surface area contributed by atoms with E-state index in [-0.39, 0.29) is 5.75 Å². The van der Waals surface area contributed by atoms with Crippen LogP contribution in [0.5, 0.6) is 5.75 Å². The summed E-state index contributed by atoms with van der Waals surface area (Å²) in [6, 6.07) is 15.0. The zero-order valence-corrected chi connectivity index (χ0v) is 12.6. The average Bonchev–Trinajstić information content (AvgIpc) is 2.91. The number of hydrogen-bond acceptors (Lipinski definition) is 5. The zero-order valence-electron chi connectivity index (χ0n) is 10.2. The van der Waals surface area contributed by atoms with E-state index in [0.717, 1.165) is 10.2 Å². The second-order valence-corrected chi connectivity index (χ2v) is 5.96. The number of benzene rings is 2. The summed E-state index contributed by atoms with van der Waals surface area (Å²) in [6.07, 6.45) is 0. The predicted molar refractivity (Wildman–Crippen MR) is 84.4 cm³/mol. The minimum Gasteiger partial charge on any atom is -0.507 e. The Labute approximate surface area is 128 Å². The van der Waals surface area contributed by atoms with E-state index >= 15 is 0 Å². The highest BCUT2D eigenvalue weighted by Gasteiger charge is 2.11. The van der Waals surface area contributed by atoms with Gasteiger partial charge in [-0.2, -0.15) is 0 Å². The normalized spacial score (nSPS) is 10.4. The number of rotatable bonds is 3. The van der Waals surface area contributed by atoms with Gasteiger partial charge in [-0.15, -0.1) is 10.2 Å². The van der Waals surface area contributed by atoms with Crippen molar-refractivity contribution in [2.24, 2.45) is 0 Å². The van der Waals surface area contributed by atoms with Crippen LogP contribution in [0.4, 0.5) is 10.8 Å². The molecule has 3 aromatic rings. The number of hydrogen-bond donors (Lipinski definition) is 2. The molecule has 4 nitrogen and oxygen atoms in total. The Morgan fingerprint density at radius 1 is 1.05 bits per heavy atom. The summed E-state index contributed by atoms with van der Waals surface area (Å²) in [7, 11) is 0. The van der Waals surface area contributed by atoms with Crippen molar-refractivity contribution in [3.8, 4) is 16.3 Å². The molecule has 0 fully saturated rings. The summed E-state index contributed by atoms with van der Waals surface area (Å²) < 4.78 is 0.887. The molecule has 0 radical (unpaired) electrons. The molecule has 0 atom stereocenters. The van der Waals surface area contributed by atoms with E-state index in [1.807, 2.05) is 36.4 Å². The van der Waals surface area contributed by atoms with E-state index in [1.54, 1.807) is 12.1 Å². The standard InChI is InChI=1S/C14H10BrN3OS/c15-9-6-7-12(19)11(8-9)13-17-18-14(20-13)16-10-4-2-1-3-5-10/h1-8,19H,(H,16,18). The van der Waals surface area contributed by atoms with E-state index in [9.17, 15) is 5.11 Å². The van der Waals surface area contributed by atoms with Crippen LogP contribution in [0.3, 0.4) is 0 Å². The van der Waals surface area contributed by atoms with Crippen molar-refractivity contribution >= 4 is 38.1 Å². The highest BCUT2D eigenvalue weighted by molar-refractivity contribution is 9.10. The second-order valence-electron chi connectivity index (χ2n) is 4.06. The number of phenolic OH excluding ortho intramolecular Hbond substituents is 1. The van der Waals surface area contributed by atoms with Gasteiger partial charge in [-0.05, 0) is 30.3 Å². The van der Waals surface area contributed by atoms with Gasteiger partial charge in [0.2, 0.25) is 5.13 Å². The van der Waals surface area contributed by atoms with Crippen LogP contribution in [-0.4, -0.2) is 15.3 Å². The Hall–Kier alpha value is -1.92. The molecule has 0 bridgehead atoms. The monoisotopic (exact) mass is 347 g/mol. The van der Waals surface area contributed by atoms with Crippen molar-refractivity contribution in [1.29, 1.82) is 0 Å². The molecule has 2 aromatic carbocycles. The maximum atomic E-state index is 9.89. The van der Waals surface area contributed by atoms with Gasteiger partial charge in [0.1, 0.15) is 5.75 Å². The number of nitrogens with one attached hydrogen (secondary N) is 1. The van der Waals surface area contributed by atoms with E-state index < -0.39 is 0 Å². The van der Waals surface area contributed by atoms with Gasteiger partial charge < -0.3 is 10.4 Å². The second kappa shape index (κ2) is 5.60. The number of halogens is 1. The first kappa shape index (κ1) is 13.1. The number of para-hydroxylation sites is 1. The Morgan fingerprint density at radius 3 is 2.65 bits per heavy atom. The Kier molecular flexibility index (Phi) is 3.66. The van der Waals surface area contributed by atoms with Crippen molar-refractivity contribution in [2.75, 3.05) is 5.32 Å². The Bertz CT molecular complexity index is 730. The van der Waals surface area contributed by atoms with Crippen LogP contribution < -0.4 is 5.32 Å². The molecule has 100 valence electrons. The SMILES string of the molecule is Oc1ccc(Br)cc1-c1nnc(Nc2ccccc2)s1. The maximum Gasteiger partial charge on any atom is 0.210 e. The van der Waals surface area contributed by atoms with Crippen LogP contribution in [0, 0.1) is 0 Å². The molecule has 1 aromatic heterocycles. The molecule has 0 saturated heterocycles. The van der Waals surface area contributed by atoms with Crippen molar-refractivity contribution in [1.82, 2.24) is 10.2 Å². The fourth-order valence-corrected chi connectivity index (χ4v) is 2.86. The van der Waals surface area contributed by atoms with E-state index in [4.69, 9.17) is 0 Å². The lowest BCUT2D eigenvalue weighted by Gasteiger charge is -2.01. The third-order valence-corrected chi connectivity index (χ3v) is 4.00. The summed E-state index contributed by atoms with van der Waals surface area (Å²) in [4.78, 5) is 0. The highest BCUT2D eigenvalue weighted by atomic mass is 79.9. The number of phenols is 1. The van der Waals surface area contributed by atoms with E-state index in [1.165, 1.54) is 11.3 Å². The summed E-state index contributed by atoms with van der Waals surface area (Å²) in [5.74, 6) is 0.190. The Balaban J connectivity index is 1.88. The molecule has 0 unspecified atom stereocenters. The van der Waals surface area contributed by atoms with Crippen molar-refractivity contribution in [3.05, 3.63) is 53.0 Å². The van der Waals surface area contributed by atoms with Gasteiger partial charge in [-0.1, -0.05) is 45.5 Å². The lowest BCUT2D eigenvalue weighted by atomic mass is 10.2. The van der Waals surface area contributed by atoms with Crippen LogP contribution in [-0.2, 0) is 0 Å². The van der Waals surface area contributed by atoms with Gasteiger partial charge in [-0.25, -0.2) is 0 Å². The fraction of sp³-hybridized carbons (Fsp3) is 0. The van der Waals surface area contributed by atoms with Gasteiger partial charge in [0, 0.05) is 10.2 Å². The summed E-state index contributed by atoms with van der Waals surface area (Å²) in [5, 5.41) is 22.6. The molecule has 20 heavy (non-hydrogen) atoms. The smallest absolute Gasteiger partial charge is 0.210 e. The van der Waals surface area contributed by atoms with Crippen molar-refractivity contribution in [2.45, 2.75) is 0 Å². The molecule has 0 amide bonds. The zero-order chi connectivity index (χ0) is 13.9. The van der Waals surface area contributed by atoms with Gasteiger partial charge in [0.25, 0.3) is 0 Å². The molecule has 3 rings (SSSR count). The first-order valence-electron chi connectivity index (χ1n) is 5.87. The molecule has 6 heteroatoms. The number of aromatic nitrogens is 2. The maximum absolute atomic E-state index is 9.89. The van der Waals surface area contributed by atoms with Crippen LogP contribution in [0.2, 0.25) is 0 Å². The van der Waals surface area contributed by atoms with Crippen molar-refractivity contribution in [3.63, 3.8) is 0 Å². The molecular weight excluding hydrogens is 338 g/mol. The summed E-state index contributed by atoms with van der Waals surface area (Å²) in [5.41, 5.74) is 1.62.